The lowest BCUT2D eigenvalue weighted by Crippen LogP contribution is -2.37. The molecule has 0 bridgehead atoms. The molecule has 5 heteroatoms. The molecule has 2 heterocycles. The van der Waals surface area contributed by atoms with E-state index < -0.39 is 0 Å². The third-order valence-corrected chi connectivity index (χ3v) is 5.00. The van der Waals surface area contributed by atoms with Crippen molar-refractivity contribution >= 4 is 27.8 Å². The van der Waals surface area contributed by atoms with Crippen molar-refractivity contribution in [2.45, 2.75) is 19.4 Å². The predicted octanol–water partition coefficient (Wildman–Crippen LogP) is 4.01. The Balaban J connectivity index is 1.29. The predicted molar refractivity (Wildman–Crippen MR) is 117 cm³/mol. The summed E-state index contributed by atoms with van der Waals surface area (Å²) in [6.07, 6.45) is 6.05. The van der Waals surface area contributed by atoms with E-state index in [1.807, 2.05) is 24.4 Å². The second-order valence-electron chi connectivity index (χ2n) is 6.80. The number of rotatable bonds is 6. The standard InChI is InChI=1S/C23H25N5/c1-24-23(28-16-18-12-14-25-21-10-4-2-9-20(18)21)26-13-6-7-17-15-27-22-11-5-3-8-19(17)22/h2-5,8-12,14-15,27H,6-7,13,16H2,1H3,(H2,24,26,28). The SMILES string of the molecule is CN=C(NCCCc1c[nH]c2ccccc12)NCc1ccnc2ccccc12. The van der Waals surface area contributed by atoms with Crippen LogP contribution in [0.2, 0.25) is 0 Å². The molecule has 142 valence electrons. The highest BCUT2D eigenvalue weighted by Crippen LogP contribution is 2.19. The lowest BCUT2D eigenvalue weighted by atomic mass is 10.1. The Hall–Kier alpha value is -3.34. The number of pyridine rings is 1. The summed E-state index contributed by atoms with van der Waals surface area (Å²) in [5.74, 6) is 0.819. The summed E-state index contributed by atoms with van der Waals surface area (Å²) >= 11 is 0. The monoisotopic (exact) mass is 371 g/mol. The van der Waals surface area contributed by atoms with Gasteiger partial charge in [0.1, 0.15) is 0 Å². The number of hydrogen-bond donors (Lipinski definition) is 3. The molecule has 0 aliphatic heterocycles. The molecule has 0 spiro atoms. The number of aromatic nitrogens is 2. The molecule has 0 unspecified atom stereocenters. The Kier molecular flexibility index (Phi) is 5.52. The van der Waals surface area contributed by atoms with Crippen LogP contribution in [0.25, 0.3) is 21.8 Å². The van der Waals surface area contributed by atoms with Crippen LogP contribution in [0.1, 0.15) is 17.5 Å². The number of fused-ring (bicyclic) bond motifs is 2. The van der Waals surface area contributed by atoms with E-state index in [9.17, 15) is 0 Å². The third kappa shape index (κ3) is 3.98. The van der Waals surface area contributed by atoms with Gasteiger partial charge >= 0.3 is 0 Å². The zero-order valence-corrected chi connectivity index (χ0v) is 16.1. The van der Waals surface area contributed by atoms with Gasteiger partial charge in [-0.1, -0.05) is 36.4 Å². The highest BCUT2D eigenvalue weighted by atomic mass is 15.2. The van der Waals surface area contributed by atoms with E-state index in [2.05, 4.69) is 68.2 Å². The number of nitrogens with zero attached hydrogens (tertiary/aromatic N) is 2. The molecule has 28 heavy (non-hydrogen) atoms. The van der Waals surface area contributed by atoms with E-state index in [0.29, 0.717) is 6.54 Å². The number of nitrogens with one attached hydrogen (secondary N) is 3. The highest BCUT2D eigenvalue weighted by molar-refractivity contribution is 5.84. The number of hydrogen-bond acceptors (Lipinski definition) is 2. The van der Waals surface area contributed by atoms with Gasteiger partial charge in [-0.2, -0.15) is 0 Å². The molecule has 0 amide bonds. The number of aryl methyl sites for hydroxylation is 1. The van der Waals surface area contributed by atoms with Crippen LogP contribution >= 0.6 is 0 Å². The van der Waals surface area contributed by atoms with Crippen LogP contribution in [0.5, 0.6) is 0 Å². The molecule has 2 aromatic heterocycles. The number of benzene rings is 2. The van der Waals surface area contributed by atoms with Gasteiger partial charge < -0.3 is 15.6 Å². The largest absolute Gasteiger partial charge is 0.361 e. The molecule has 0 aliphatic rings. The Labute approximate surface area is 164 Å². The molecule has 0 radical (unpaired) electrons. The van der Waals surface area contributed by atoms with Gasteiger partial charge in [0.2, 0.25) is 0 Å². The molecular formula is C23H25N5. The van der Waals surface area contributed by atoms with E-state index >= 15 is 0 Å². The molecule has 0 saturated carbocycles. The summed E-state index contributed by atoms with van der Waals surface area (Å²) in [4.78, 5) is 12.1. The summed E-state index contributed by atoms with van der Waals surface area (Å²) in [6, 6.07) is 18.7. The van der Waals surface area contributed by atoms with Crippen LogP contribution in [0.15, 0.2) is 72.0 Å². The van der Waals surface area contributed by atoms with Crippen LogP contribution in [0.3, 0.4) is 0 Å². The topological polar surface area (TPSA) is 65.1 Å². The number of H-pyrrole nitrogens is 1. The average molecular weight is 371 g/mol. The molecule has 0 fully saturated rings. The molecule has 0 saturated heterocycles. The van der Waals surface area contributed by atoms with Gasteiger partial charge in [-0.25, -0.2) is 0 Å². The second-order valence-corrected chi connectivity index (χ2v) is 6.80. The smallest absolute Gasteiger partial charge is 0.191 e. The van der Waals surface area contributed by atoms with Crippen LogP contribution in [0, 0.1) is 0 Å². The highest BCUT2D eigenvalue weighted by Gasteiger charge is 2.05. The van der Waals surface area contributed by atoms with E-state index in [1.54, 1.807) is 7.05 Å². The van der Waals surface area contributed by atoms with Gasteiger partial charge in [-0.3, -0.25) is 9.98 Å². The Morgan fingerprint density at radius 2 is 1.79 bits per heavy atom. The Morgan fingerprint density at radius 1 is 0.964 bits per heavy atom. The fraction of sp³-hybridized carbons (Fsp3) is 0.217. The van der Waals surface area contributed by atoms with Gasteiger partial charge in [-0.05, 0) is 42.2 Å². The third-order valence-electron chi connectivity index (χ3n) is 5.00. The van der Waals surface area contributed by atoms with Crippen molar-refractivity contribution in [3.63, 3.8) is 0 Å². The van der Waals surface area contributed by atoms with E-state index in [1.165, 1.54) is 27.4 Å². The van der Waals surface area contributed by atoms with Crippen molar-refractivity contribution in [2.75, 3.05) is 13.6 Å². The van der Waals surface area contributed by atoms with Crippen molar-refractivity contribution in [2.24, 2.45) is 4.99 Å². The Bertz CT molecular complexity index is 1090. The van der Waals surface area contributed by atoms with Gasteiger partial charge in [0.25, 0.3) is 0 Å². The quantitative estimate of drug-likeness (QED) is 0.273. The molecule has 3 N–H and O–H groups in total. The Morgan fingerprint density at radius 3 is 2.68 bits per heavy atom. The zero-order chi connectivity index (χ0) is 19.2. The second kappa shape index (κ2) is 8.57. The fourth-order valence-electron chi connectivity index (χ4n) is 3.53. The van der Waals surface area contributed by atoms with Gasteiger partial charge in [0.15, 0.2) is 5.96 Å². The van der Waals surface area contributed by atoms with Crippen molar-refractivity contribution in [3.8, 4) is 0 Å². The lowest BCUT2D eigenvalue weighted by molar-refractivity contribution is 0.744. The molecule has 0 atom stereocenters. The number of guanidine groups is 1. The average Bonchev–Trinajstić information content (AvgIpc) is 3.16. The molecule has 4 rings (SSSR count). The minimum atomic E-state index is 0.713. The lowest BCUT2D eigenvalue weighted by Gasteiger charge is -2.13. The number of aromatic amines is 1. The van der Waals surface area contributed by atoms with E-state index in [-0.39, 0.29) is 0 Å². The first-order chi connectivity index (χ1) is 13.8. The first-order valence-corrected chi connectivity index (χ1v) is 9.67. The van der Waals surface area contributed by atoms with Crippen molar-refractivity contribution in [1.29, 1.82) is 0 Å². The first-order valence-electron chi connectivity index (χ1n) is 9.67. The van der Waals surface area contributed by atoms with Gasteiger partial charge in [0, 0.05) is 48.8 Å². The number of para-hydroxylation sites is 2. The maximum atomic E-state index is 4.42. The summed E-state index contributed by atoms with van der Waals surface area (Å²) in [5, 5.41) is 9.31. The molecule has 2 aromatic carbocycles. The zero-order valence-electron chi connectivity index (χ0n) is 16.1. The summed E-state index contributed by atoms with van der Waals surface area (Å²) in [7, 11) is 1.81. The van der Waals surface area contributed by atoms with Crippen LogP contribution in [-0.4, -0.2) is 29.5 Å². The fourth-order valence-corrected chi connectivity index (χ4v) is 3.53. The van der Waals surface area contributed by atoms with E-state index in [0.717, 1.165) is 30.9 Å². The minimum absolute atomic E-state index is 0.713. The van der Waals surface area contributed by atoms with Crippen molar-refractivity contribution < 1.29 is 0 Å². The van der Waals surface area contributed by atoms with E-state index in [4.69, 9.17) is 0 Å². The molecule has 5 nitrogen and oxygen atoms in total. The number of aliphatic imine (C=N–C) groups is 1. The molecule has 4 aromatic rings. The van der Waals surface area contributed by atoms with Crippen molar-refractivity contribution in [1.82, 2.24) is 20.6 Å². The van der Waals surface area contributed by atoms with Gasteiger partial charge in [-0.15, -0.1) is 0 Å². The maximum Gasteiger partial charge on any atom is 0.191 e. The molecular weight excluding hydrogens is 346 g/mol. The van der Waals surface area contributed by atoms with Gasteiger partial charge in [0.05, 0.1) is 5.52 Å². The summed E-state index contributed by atoms with van der Waals surface area (Å²) < 4.78 is 0. The normalized spacial score (nSPS) is 11.8. The van der Waals surface area contributed by atoms with Crippen LogP contribution in [0.4, 0.5) is 0 Å². The van der Waals surface area contributed by atoms with Crippen LogP contribution < -0.4 is 10.6 Å². The summed E-state index contributed by atoms with van der Waals surface area (Å²) in [6.45, 7) is 1.58. The summed E-state index contributed by atoms with van der Waals surface area (Å²) in [5.41, 5.74) is 4.80. The maximum absolute atomic E-state index is 4.42. The van der Waals surface area contributed by atoms with Crippen LogP contribution in [-0.2, 0) is 13.0 Å². The van der Waals surface area contributed by atoms with Crippen molar-refractivity contribution in [3.05, 3.63) is 78.1 Å². The molecule has 0 aliphatic carbocycles. The minimum Gasteiger partial charge on any atom is -0.361 e. The first kappa shape index (κ1) is 18.0.